The molecule has 2 heterocycles. The van der Waals surface area contributed by atoms with Crippen LogP contribution in [0.15, 0.2) is 36.9 Å². The largest absolute Gasteiger partial charge is 0.323 e. The summed E-state index contributed by atoms with van der Waals surface area (Å²) in [6.07, 6.45) is 6.31. The Hall–Kier alpha value is -1.88. The van der Waals surface area contributed by atoms with Gasteiger partial charge in [0.05, 0.1) is 5.69 Å². The van der Waals surface area contributed by atoms with Crippen molar-refractivity contribution in [3.05, 3.63) is 42.7 Å². The van der Waals surface area contributed by atoms with Crippen molar-refractivity contribution in [1.82, 2.24) is 9.80 Å². The number of para-hydroxylation sites is 1. The fraction of sp³-hybridized carbons (Fsp3) is 0.500. The van der Waals surface area contributed by atoms with Gasteiger partial charge in [0.15, 0.2) is 0 Å². The fourth-order valence-electron chi connectivity index (χ4n) is 3.94. The smallest absolute Gasteiger partial charge is 0.321 e. The highest BCUT2D eigenvalue weighted by atomic mass is 19.1. The van der Waals surface area contributed by atoms with E-state index in [9.17, 15) is 9.18 Å². The molecule has 1 spiro atoms. The first-order chi connectivity index (χ1) is 11.1. The maximum atomic E-state index is 13.7. The highest BCUT2D eigenvalue weighted by Gasteiger charge is 2.44. The monoisotopic (exact) mass is 317 g/mol. The van der Waals surface area contributed by atoms with Gasteiger partial charge in [-0.05, 0) is 44.4 Å². The average molecular weight is 317 g/mol. The van der Waals surface area contributed by atoms with Crippen LogP contribution in [-0.4, -0.2) is 47.5 Å². The molecule has 2 aliphatic rings. The molecule has 0 bridgehead atoms. The number of anilines is 1. The molecular weight excluding hydrogens is 293 g/mol. The Bertz CT molecular complexity index is 591. The van der Waals surface area contributed by atoms with E-state index in [1.54, 1.807) is 18.2 Å². The van der Waals surface area contributed by atoms with Gasteiger partial charge in [-0.2, -0.15) is 0 Å². The zero-order chi connectivity index (χ0) is 16.3. The minimum absolute atomic E-state index is 0.0685. The molecule has 23 heavy (non-hydrogen) atoms. The molecule has 5 heteroatoms. The zero-order valence-corrected chi connectivity index (χ0v) is 13.4. The first-order valence-electron chi connectivity index (χ1n) is 8.31. The standard InChI is InChI=1S/C18H24FN3O/c1-2-11-22-13-6-10-18(22)9-5-12-21(14-18)17(23)20-16-8-4-3-7-15(16)19/h2-4,7-8H,1,5-6,9-14H2,(H,20,23)/t18-/m0/s1. The Balaban J connectivity index is 1.69. The number of halogens is 1. The Morgan fingerprint density at radius 1 is 1.30 bits per heavy atom. The van der Waals surface area contributed by atoms with Gasteiger partial charge in [-0.25, -0.2) is 9.18 Å². The molecule has 0 aromatic heterocycles. The number of nitrogens with one attached hydrogen (secondary N) is 1. The van der Waals surface area contributed by atoms with Crippen LogP contribution in [0.1, 0.15) is 25.7 Å². The molecule has 4 nitrogen and oxygen atoms in total. The predicted molar refractivity (Wildman–Crippen MR) is 90.0 cm³/mol. The van der Waals surface area contributed by atoms with Crippen molar-refractivity contribution < 1.29 is 9.18 Å². The minimum atomic E-state index is -0.401. The number of benzene rings is 1. The van der Waals surface area contributed by atoms with Gasteiger partial charge in [-0.3, -0.25) is 4.90 Å². The Morgan fingerprint density at radius 2 is 2.04 bits per heavy atom. The third-order valence-corrected chi connectivity index (χ3v) is 5.05. The number of nitrogens with zero attached hydrogens (tertiary/aromatic N) is 2. The van der Waals surface area contributed by atoms with Crippen molar-refractivity contribution >= 4 is 11.7 Å². The number of carbonyl (C=O) groups is 1. The molecule has 1 atom stereocenters. The summed E-state index contributed by atoms with van der Waals surface area (Å²) in [6, 6.07) is 6.08. The summed E-state index contributed by atoms with van der Waals surface area (Å²) in [5.41, 5.74) is 0.311. The number of likely N-dealkylation sites (tertiary alicyclic amines) is 2. The molecule has 2 amide bonds. The number of rotatable bonds is 3. The van der Waals surface area contributed by atoms with Crippen LogP contribution in [0.25, 0.3) is 0 Å². The summed E-state index contributed by atoms with van der Waals surface area (Å²) in [5.74, 6) is -0.401. The summed E-state index contributed by atoms with van der Waals surface area (Å²) >= 11 is 0. The fourth-order valence-corrected chi connectivity index (χ4v) is 3.94. The summed E-state index contributed by atoms with van der Waals surface area (Å²) < 4.78 is 13.7. The van der Waals surface area contributed by atoms with E-state index in [4.69, 9.17) is 0 Å². The van der Waals surface area contributed by atoms with E-state index in [-0.39, 0.29) is 17.3 Å². The molecule has 1 aromatic carbocycles. The molecule has 0 unspecified atom stereocenters. The van der Waals surface area contributed by atoms with Gasteiger partial charge in [0.2, 0.25) is 0 Å². The van der Waals surface area contributed by atoms with E-state index >= 15 is 0 Å². The van der Waals surface area contributed by atoms with E-state index in [1.165, 1.54) is 6.07 Å². The van der Waals surface area contributed by atoms with E-state index in [1.807, 2.05) is 11.0 Å². The highest BCUT2D eigenvalue weighted by molar-refractivity contribution is 5.89. The van der Waals surface area contributed by atoms with Crippen LogP contribution in [0.3, 0.4) is 0 Å². The summed E-state index contributed by atoms with van der Waals surface area (Å²) in [7, 11) is 0. The van der Waals surface area contributed by atoms with Gasteiger partial charge < -0.3 is 10.2 Å². The third kappa shape index (κ3) is 3.24. The van der Waals surface area contributed by atoms with E-state index in [2.05, 4.69) is 16.8 Å². The number of hydrogen-bond donors (Lipinski definition) is 1. The van der Waals surface area contributed by atoms with Crippen LogP contribution in [0.4, 0.5) is 14.9 Å². The second-order valence-electron chi connectivity index (χ2n) is 6.50. The lowest BCUT2D eigenvalue weighted by molar-refractivity contribution is 0.0670. The van der Waals surface area contributed by atoms with Gasteiger partial charge in [0.1, 0.15) is 5.82 Å². The lowest BCUT2D eigenvalue weighted by Crippen LogP contribution is -2.57. The van der Waals surface area contributed by atoms with Gasteiger partial charge in [-0.1, -0.05) is 18.2 Å². The quantitative estimate of drug-likeness (QED) is 0.867. The van der Waals surface area contributed by atoms with Crippen LogP contribution >= 0.6 is 0 Å². The Morgan fingerprint density at radius 3 is 2.78 bits per heavy atom. The molecule has 3 rings (SSSR count). The second kappa shape index (κ2) is 6.71. The van der Waals surface area contributed by atoms with Gasteiger partial charge in [-0.15, -0.1) is 6.58 Å². The van der Waals surface area contributed by atoms with Crippen molar-refractivity contribution in [2.24, 2.45) is 0 Å². The lowest BCUT2D eigenvalue weighted by Gasteiger charge is -2.45. The normalized spacial score (nSPS) is 24.8. The van der Waals surface area contributed by atoms with Crippen molar-refractivity contribution in [2.45, 2.75) is 31.2 Å². The van der Waals surface area contributed by atoms with Crippen LogP contribution in [-0.2, 0) is 0 Å². The SMILES string of the molecule is C=CCN1CCC[C@]12CCCN(C(=O)Nc1ccccc1F)C2. The Kier molecular flexibility index (Phi) is 4.66. The molecule has 1 aromatic rings. The molecular formula is C18H24FN3O. The summed E-state index contributed by atoms with van der Waals surface area (Å²) in [5, 5.41) is 2.71. The van der Waals surface area contributed by atoms with Gasteiger partial charge in [0.25, 0.3) is 0 Å². The first-order valence-corrected chi connectivity index (χ1v) is 8.31. The van der Waals surface area contributed by atoms with Crippen molar-refractivity contribution in [3.8, 4) is 0 Å². The molecule has 2 aliphatic heterocycles. The maximum absolute atomic E-state index is 13.7. The predicted octanol–water partition coefficient (Wildman–Crippen LogP) is 3.47. The highest BCUT2D eigenvalue weighted by Crippen LogP contribution is 2.37. The number of hydrogen-bond acceptors (Lipinski definition) is 2. The topological polar surface area (TPSA) is 35.6 Å². The maximum Gasteiger partial charge on any atom is 0.321 e. The van der Waals surface area contributed by atoms with Crippen molar-refractivity contribution in [1.29, 1.82) is 0 Å². The van der Waals surface area contributed by atoms with E-state index < -0.39 is 5.82 Å². The lowest BCUT2D eigenvalue weighted by atomic mass is 9.86. The molecule has 0 saturated carbocycles. The minimum Gasteiger partial charge on any atom is -0.323 e. The molecule has 1 N–H and O–H groups in total. The molecule has 0 aliphatic carbocycles. The summed E-state index contributed by atoms with van der Waals surface area (Å²) in [4.78, 5) is 16.8. The number of amides is 2. The van der Waals surface area contributed by atoms with Gasteiger partial charge in [0, 0.05) is 25.2 Å². The zero-order valence-electron chi connectivity index (χ0n) is 13.4. The molecule has 124 valence electrons. The van der Waals surface area contributed by atoms with Crippen LogP contribution < -0.4 is 5.32 Å². The average Bonchev–Trinajstić information content (AvgIpc) is 2.92. The number of carbonyl (C=O) groups excluding carboxylic acids is 1. The summed E-state index contributed by atoms with van der Waals surface area (Å²) in [6.45, 7) is 7.21. The van der Waals surface area contributed by atoms with Gasteiger partial charge >= 0.3 is 6.03 Å². The van der Waals surface area contributed by atoms with Crippen molar-refractivity contribution in [3.63, 3.8) is 0 Å². The Labute approximate surface area is 137 Å². The van der Waals surface area contributed by atoms with Crippen LogP contribution in [0.5, 0.6) is 0 Å². The first kappa shape index (κ1) is 16.0. The number of piperidine rings is 1. The van der Waals surface area contributed by atoms with Crippen molar-refractivity contribution in [2.75, 3.05) is 31.5 Å². The molecule has 0 radical (unpaired) electrons. The number of urea groups is 1. The molecule has 2 saturated heterocycles. The van der Waals surface area contributed by atoms with Crippen LogP contribution in [0, 0.1) is 5.82 Å². The van der Waals surface area contributed by atoms with E-state index in [0.717, 1.165) is 45.3 Å². The third-order valence-electron chi connectivity index (χ3n) is 5.05. The van der Waals surface area contributed by atoms with E-state index in [0.29, 0.717) is 6.54 Å². The van der Waals surface area contributed by atoms with Crippen LogP contribution in [0.2, 0.25) is 0 Å². The second-order valence-corrected chi connectivity index (χ2v) is 6.50. The molecule has 2 fully saturated rings.